The van der Waals surface area contributed by atoms with Crippen molar-refractivity contribution in [3.8, 4) is 0 Å². The van der Waals surface area contributed by atoms with E-state index in [1.54, 1.807) is 30.5 Å². The molecule has 1 amide bonds. The zero-order valence-corrected chi connectivity index (χ0v) is 14.8. The van der Waals surface area contributed by atoms with E-state index in [0.29, 0.717) is 25.2 Å². The molecule has 1 aromatic heterocycles. The fraction of sp³-hybridized carbons (Fsp3) is 0.294. The average molecular weight is 362 g/mol. The van der Waals surface area contributed by atoms with E-state index in [2.05, 4.69) is 15.6 Å². The summed E-state index contributed by atoms with van der Waals surface area (Å²) in [6.07, 6.45) is 3.16. The lowest BCUT2D eigenvalue weighted by Gasteiger charge is -2.08. The molecule has 0 saturated carbocycles. The Hall–Kier alpha value is -2.45. The Balaban J connectivity index is 1.90. The van der Waals surface area contributed by atoms with Crippen LogP contribution in [0, 0.1) is 0 Å². The molecule has 0 aliphatic carbocycles. The number of primary sulfonamides is 1. The first-order valence-electron chi connectivity index (χ1n) is 8.00. The van der Waals surface area contributed by atoms with Crippen LogP contribution in [0.15, 0.2) is 47.5 Å². The molecule has 0 unspecified atom stereocenters. The SMILES string of the molecule is CCCNC(=O)c1cc(NCCc2ccc(S(N)(=O)=O)cc2)ccn1. The van der Waals surface area contributed by atoms with Crippen LogP contribution in [0.1, 0.15) is 29.4 Å². The highest BCUT2D eigenvalue weighted by molar-refractivity contribution is 7.89. The Labute approximate surface area is 147 Å². The van der Waals surface area contributed by atoms with Crippen LogP contribution in [0.25, 0.3) is 0 Å². The molecule has 0 spiro atoms. The molecule has 0 radical (unpaired) electrons. The molecule has 1 aromatic carbocycles. The number of hydrogen-bond acceptors (Lipinski definition) is 5. The molecule has 0 atom stereocenters. The number of sulfonamides is 1. The molecule has 0 aliphatic heterocycles. The van der Waals surface area contributed by atoms with Crippen molar-refractivity contribution >= 4 is 21.6 Å². The van der Waals surface area contributed by atoms with Crippen molar-refractivity contribution in [3.63, 3.8) is 0 Å². The lowest BCUT2D eigenvalue weighted by atomic mass is 10.1. The van der Waals surface area contributed by atoms with Gasteiger partial charge in [-0.1, -0.05) is 19.1 Å². The third kappa shape index (κ3) is 5.84. The van der Waals surface area contributed by atoms with Crippen molar-refractivity contribution in [2.45, 2.75) is 24.7 Å². The predicted octanol–water partition coefficient (Wildman–Crippen LogP) is 1.52. The van der Waals surface area contributed by atoms with Crippen LogP contribution in [0.2, 0.25) is 0 Å². The van der Waals surface area contributed by atoms with E-state index < -0.39 is 10.0 Å². The summed E-state index contributed by atoms with van der Waals surface area (Å²) in [5, 5.41) is 11.1. The first kappa shape index (κ1) is 18.9. The summed E-state index contributed by atoms with van der Waals surface area (Å²) < 4.78 is 22.4. The maximum absolute atomic E-state index is 11.9. The molecule has 0 bridgehead atoms. The summed E-state index contributed by atoms with van der Waals surface area (Å²) in [5.41, 5.74) is 2.16. The van der Waals surface area contributed by atoms with Crippen molar-refractivity contribution in [1.29, 1.82) is 0 Å². The lowest BCUT2D eigenvalue weighted by Crippen LogP contribution is -2.25. The number of nitrogens with one attached hydrogen (secondary N) is 2. The molecule has 7 nitrogen and oxygen atoms in total. The first-order valence-corrected chi connectivity index (χ1v) is 9.54. The van der Waals surface area contributed by atoms with Crippen LogP contribution in [0.3, 0.4) is 0 Å². The van der Waals surface area contributed by atoms with Crippen molar-refractivity contribution in [2.24, 2.45) is 5.14 Å². The van der Waals surface area contributed by atoms with Crippen LogP contribution in [0.4, 0.5) is 5.69 Å². The van der Waals surface area contributed by atoms with Gasteiger partial charge in [0.05, 0.1) is 4.90 Å². The van der Waals surface area contributed by atoms with Crippen molar-refractivity contribution < 1.29 is 13.2 Å². The number of anilines is 1. The minimum absolute atomic E-state index is 0.0982. The number of carbonyl (C=O) groups excluding carboxylic acids is 1. The van der Waals surface area contributed by atoms with Gasteiger partial charge in [0.2, 0.25) is 10.0 Å². The number of hydrogen-bond donors (Lipinski definition) is 3. The van der Waals surface area contributed by atoms with Gasteiger partial charge in [0, 0.05) is 25.0 Å². The van der Waals surface area contributed by atoms with Gasteiger partial charge in [0.1, 0.15) is 5.69 Å². The van der Waals surface area contributed by atoms with Crippen LogP contribution >= 0.6 is 0 Å². The molecule has 4 N–H and O–H groups in total. The van der Waals surface area contributed by atoms with Gasteiger partial charge >= 0.3 is 0 Å². The highest BCUT2D eigenvalue weighted by Gasteiger charge is 2.08. The summed E-state index contributed by atoms with van der Waals surface area (Å²) in [6, 6.07) is 9.95. The minimum atomic E-state index is -3.66. The highest BCUT2D eigenvalue weighted by Crippen LogP contribution is 2.11. The number of pyridine rings is 1. The Morgan fingerprint density at radius 1 is 1.16 bits per heavy atom. The molecule has 2 aromatic rings. The Morgan fingerprint density at radius 2 is 1.88 bits per heavy atom. The standard InChI is InChI=1S/C17H22N4O3S/c1-2-9-21-17(22)16-12-14(8-11-20-16)19-10-7-13-3-5-15(6-4-13)25(18,23)24/h3-6,8,11-12H,2,7,9-10H2,1H3,(H,19,20)(H,21,22)(H2,18,23,24). The summed E-state index contributed by atoms with van der Waals surface area (Å²) in [7, 11) is -3.66. The molecular formula is C17H22N4O3S. The summed E-state index contributed by atoms with van der Waals surface area (Å²) in [6.45, 7) is 3.24. The molecule has 134 valence electrons. The second-order valence-corrected chi connectivity index (χ2v) is 7.11. The van der Waals surface area contributed by atoms with E-state index in [-0.39, 0.29) is 10.8 Å². The molecule has 25 heavy (non-hydrogen) atoms. The second-order valence-electron chi connectivity index (χ2n) is 5.55. The second kappa shape index (κ2) is 8.59. The molecular weight excluding hydrogens is 340 g/mol. The van der Waals surface area contributed by atoms with Gasteiger partial charge in [-0.05, 0) is 42.7 Å². The van der Waals surface area contributed by atoms with Gasteiger partial charge < -0.3 is 10.6 Å². The number of nitrogens with two attached hydrogens (primary N) is 1. The Morgan fingerprint density at radius 3 is 2.52 bits per heavy atom. The number of rotatable bonds is 8. The fourth-order valence-corrected chi connectivity index (χ4v) is 2.71. The number of carbonyl (C=O) groups is 1. The number of aromatic nitrogens is 1. The number of amides is 1. The van der Waals surface area contributed by atoms with Crippen LogP contribution in [-0.4, -0.2) is 32.4 Å². The fourth-order valence-electron chi connectivity index (χ4n) is 2.19. The van der Waals surface area contributed by atoms with Gasteiger partial charge in [0.15, 0.2) is 0 Å². The van der Waals surface area contributed by atoms with E-state index >= 15 is 0 Å². The smallest absolute Gasteiger partial charge is 0.269 e. The number of benzene rings is 1. The summed E-state index contributed by atoms with van der Waals surface area (Å²) in [5.74, 6) is -0.191. The van der Waals surface area contributed by atoms with Gasteiger partial charge in [-0.3, -0.25) is 9.78 Å². The molecule has 2 rings (SSSR count). The third-order valence-corrected chi connectivity index (χ3v) is 4.45. The van der Waals surface area contributed by atoms with E-state index in [4.69, 9.17) is 5.14 Å². The summed E-state index contributed by atoms with van der Waals surface area (Å²) in [4.78, 5) is 16.1. The first-order chi connectivity index (χ1) is 11.9. The maximum Gasteiger partial charge on any atom is 0.269 e. The quantitative estimate of drug-likeness (QED) is 0.659. The van der Waals surface area contributed by atoms with E-state index in [0.717, 1.165) is 17.7 Å². The number of nitrogens with zero attached hydrogens (tertiary/aromatic N) is 1. The monoisotopic (exact) mass is 362 g/mol. The maximum atomic E-state index is 11.9. The Kier molecular flexibility index (Phi) is 6.49. The van der Waals surface area contributed by atoms with E-state index in [1.807, 2.05) is 6.92 Å². The Bertz CT molecular complexity index is 820. The molecule has 8 heteroatoms. The highest BCUT2D eigenvalue weighted by atomic mass is 32.2. The van der Waals surface area contributed by atoms with Crippen LogP contribution in [0.5, 0.6) is 0 Å². The summed E-state index contributed by atoms with van der Waals surface area (Å²) >= 11 is 0. The van der Waals surface area contributed by atoms with Crippen LogP contribution < -0.4 is 15.8 Å². The topological polar surface area (TPSA) is 114 Å². The lowest BCUT2D eigenvalue weighted by molar-refractivity contribution is 0.0948. The molecule has 1 heterocycles. The minimum Gasteiger partial charge on any atom is -0.385 e. The van der Waals surface area contributed by atoms with Crippen molar-refractivity contribution in [2.75, 3.05) is 18.4 Å². The largest absolute Gasteiger partial charge is 0.385 e. The van der Waals surface area contributed by atoms with Gasteiger partial charge in [-0.15, -0.1) is 0 Å². The molecule has 0 fully saturated rings. The van der Waals surface area contributed by atoms with Gasteiger partial charge in [-0.25, -0.2) is 13.6 Å². The molecule has 0 aliphatic rings. The van der Waals surface area contributed by atoms with E-state index in [9.17, 15) is 13.2 Å². The van der Waals surface area contributed by atoms with Crippen molar-refractivity contribution in [3.05, 3.63) is 53.9 Å². The molecule has 0 saturated heterocycles. The normalized spacial score (nSPS) is 11.1. The third-order valence-electron chi connectivity index (χ3n) is 3.52. The van der Waals surface area contributed by atoms with Crippen molar-refractivity contribution in [1.82, 2.24) is 10.3 Å². The van der Waals surface area contributed by atoms with Crippen LogP contribution in [-0.2, 0) is 16.4 Å². The zero-order chi connectivity index (χ0) is 18.3. The zero-order valence-electron chi connectivity index (χ0n) is 14.0. The van der Waals surface area contributed by atoms with Gasteiger partial charge in [0.25, 0.3) is 5.91 Å². The van der Waals surface area contributed by atoms with E-state index in [1.165, 1.54) is 12.1 Å². The average Bonchev–Trinajstić information content (AvgIpc) is 2.59. The van der Waals surface area contributed by atoms with Gasteiger partial charge in [-0.2, -0.15) is 0 Å². The predicted molar refractivity (Wildman–Crippen MR) is 96.9 cm³/mol.